The number of unbranched alkanes of at least 4 members (excludes halogenated alkanes) is 51. The zero-order valence-corrected chi connectivity index (χ0v) is 54.5. The van der Waals surface area contributed by atoms with Crippen molar-refractivity contribution in [2.24, 2.45) is 0 Å². The van der Waals surface area contributed by atoms with Gasteiger partial charge in [-0.15, -0.1) is 0 Å². The number of aliphatic hydroxyl groups excluding tert-OH is 2. The van der Waals surface area contributed by atoms with Crippen LogP contribution in [-0.4, -0.2) is 47.4 Å². The SMILES string of the molecule is CCCCC/C=C\C/C=C\CCCCCCCCCC(=O)OCCCCCCCCCCCCCC/C=C\CCCCCCCCCCCCC(=O)NC(CO)C(O)/C=C/CCCCCCCCCCCCCCCCCCCCC. The molecular formula is C75H141NO5. The molecule has 0 saturated heterocycles. The number of aliphatic hydroxyl groups is 2. The van der Waals surface area contributed by atoms with Gasteiger partial charge in [0.2, 0.25) is 5.91 Å². The van der Waals surface area contributed by atoms with Crippen molar-refractivity contribution in [3.63, 3.8) is 0 Å². The maximum atomic E-state index is 12.5. The molecule has 0 spiro atoms. The van der Waals surface area contributed by atoms with Gasteiger partial charge in [-0.2, -0.15) is 0 Å². The number of ether oxygens (including phenoxy) is 1. The van der Waals surface area contributed by atoms with Crippen molar-refractivity contribution in [1.29, 1.82) is 0 Å². The molecular weight excluding hydrogens is 995 g/mol. The molecule has 0 fully saturated rings. The van der Waals surface area contributed by atoms with Gasteiger partial charge in [0.05, 0.1) is 25.4 Å². The number of amides is 1. The van der Waals surface area contributed by atoms with Crippen LogP contribution < -0.4 is 5.32 Å². The van der Waals surface area contributed by atoms with Crippen molar-refractivity contribution < 1.29 is 24.5 Å². The van der Waals surface area contributed by atoms with Crippen molar-refractivity contribution >= 4 is 11.9 Å². The smallest absolute Gasteiger partial charge is 0.305 e. The summed E-state index contributed by atoms with van der Waals surface area (Å²) in [5.41, 5.74) is 0. The quantitative estimate of drug-likeness (QED) is 0.0320. The minimum atomic E-state index is -0.848. The van der Waals surface area contributed by atoms with Crippen LogP contribution >= 0.6 is 0 Å². The van der Waals surface area contributed by atoms with E-state index in [1.165, 1.54) is 315 Å². The summed E-state index contributed by atoms with van der Waals surface area (Å²) in [6.45, 7) is 4.91. The molecule has 0 aromatic carbocycles. The molecule has 0 radical (unpaired) electrons. The lowest BCUT2D eigenvalue weighted by Gasteiger charge is -2.20. The summed E-state index contributed by atoms with van der Waals surface area (Å²) >= 11 is 0. The molecule has 476 valence electrons. The van der Waals surface area contributed by atoms with E-state index in [0.29, 0.717) is 19.4 Å². The third-order valence-electron chi connectivity index (χ3n) is 16.8. The first kappa shape index (κ1) is 78.8. The van der Waals surface area contributed by atoms with Crippen LogP contribution in [0.5, 0.6) is 0 Å². The third kappa shape index (κ3) is 66.8. The van der Waals surface area contributed by atoms with Crippen molar-refractivity contribution in [3.05, 3.63) is 48.6 Å². The Hall–Kier alpha value is -2.18. The second-order valence-corrected chi connectivity index (χ2v) is 24.9. The Bertz CT molecular complexity index is 1360. The molecule has 0 rings (SSSR count). The highest BCUT2D eigenvalue weighted by Gasteiger charge is 2.18. The summed E-state index contributed by atoms with van der Waals surface area (Å²) in [5.74, 6) is -0.0602. The van der Waals surface area contributed by atoms with Gasteiger partial charge in [-0.1, -0.05) is 339 Å². The Labute approximate surface area is 506 Å². The first-order chi connectivity index (χ1) is 40.0. The Balaban J connectivity index is 3.42. The molecule has 1 amide bonds. The number of allylic oxidation sites excluding steroid dienone is 7. The molecule has 6 nitrogen and oxygen atoms in total. The summed E-state index contributed by atoms with van der Waals surface area (Å²) in [4.78, 5) is 24.6. The predicted octanol–water partition coefficient (Wildman–Crippen LogP) is 23.6. The molecule has 0 aromatic heterocycles. The molecule has 0 heterocycles. The first-order valence-corrected chi connectivity index (χ1v) is 36.4. The zero-order valence-electron chi connectivity index (χ0n) is 54.5. The highest BCUT2D eigenvalue weighted by atomic mass is 16.5. The van der Waals surface area contributed by atoms with Crippen LogP contribution in [0.2, 0.25) is 0 Å². The molecule has 0 aliphatic carbocycles. The molecule has 0 aromatic rings. The average molecular weight is 1140 g/mol. The van der Waals surface area contributed by atoms with E-state index < -0.39 is 12.1 Å². The van der Waals surface area contributed by atoms with Crippen LogP contribution in [0.15, 0.2) is 48.6 Å². The van der Waals surface area contributed by atoms with Crippen LogP contribution in [0.1, 0.15) is 393 Å². The highest BCUT2D eigenvalue weighted by molar-refractivity contribution is 5.76. The summed E-state index contributed by atoms with van der Waals surface area (Å²) in [5, 5.41) is 23.3. The van der Waals surface area contributed by atoms with E-state index >= 15 is 0 Å². The summed E-state index contributed by atoms with van der Waals surface area (Å²) in [7, 11) is 0. The second-order valence-electron chi connectivity index (χ2n) is 24.9. The van der Waals surface area contributed by atoms with Crippen molar-refractivity contribution in [2.75, 3.05) is 13.2 Å². The Morgan fingerprint density at radius 1 is 0.346 bits per heavy atom. The summed E-state index contributed by atoms with van der Waals surface area (Å²) in [6.07, 6.45) is 91.9. The number of esters is 1. The predicted molar refractivity (Wildman–Crippen MR) is 356 cm³/mol. The molecule has 81 heavy (non-hydrogen) atoms. The molecule has 3 N–H and O–H groups in total. The summed E-state index contributed by atoms with van der Waals surface area (Å²) < 4.78 is 5.50. The van der Waals surface area contributed by atoms with Crippen molar-refractivity contribution in [3.8, 4) is 0 Å². The van der Waals surface area contributed by atoms with E-state index in [1.54, 1.807) is 6.08 Å². The minimum absolute atomic E-state index is 0.00644. The third-order valence-corrected chi connectivity index (χ3v) is 16.8. The van der Waals surface area contributed by atoms with Gasteiger partial charge < -0.3 is 20.3 Å². The maximum absolute atomic E-state index is 12.5. The van der Waals surface area contributed by atoms with Gasteiger partial charge >= 0.3 is 5.97 Å². The average Bonchev–Trinajstić information content (AvgIpc) is 3.47. The van der Waals surface area contributed by atoms with E-state index in [0.717, 1.165) is 51.4 Å². The van der Waals surface area contributed by atoms with Gasteiger partial charge in [-0.25, -0.2) is 0 Å². The Morgan fingerprint density at radius 3 is 0.975 bits per heavy atom. The molecule has 0 saturated carbocycles. The molecule has 6 heteroatoms. The van der Waals surface area contributed by atoms with Crippen molar-refractivity contribution in [2.45, 2.75) is 405 Å². The fraction of sp³-hybridized carbons (Fsp3) is 0.867. The van der Waals surface area contributed by atoms with Crippen LogP contribution in [0.25, 0.3) is 0 Å². The molecule has 0 aliphatic heterocycles. The van der Waals surface area contributed by atoms with Gasteiger partial charge in [0, 0.05) is 12.8 Å². The maximum Gasteiger partial charge on any atom is 0.305 e. The van der Waals surface area contributed by atoms with E-state index in [4.69, 9.17) is 4.74 Å². The molecule has 0 bridgehead atoms. The van der Waals surface area contributed by atoms with E-state index in [1.807, 2.05) is 6.08 Å². The van der Waals surface area contributed by atoms with Crippen molar-refractivity contribution in [1.82, 2.24) is 5.32 Å². The number of carbonyl (C=O) groups excluding carboxylic acids is 2. The van der Waals surface area contributed by atoms with Gasteiger partial charge in [0.25, 0.3) is 0 Å². The molecule has 2 atom stereocenters. The number of nitrogens with one attached hydrogen (secondary N) is 1. The molecule has 0 aliphatic rings. The monoisotopic (exact) mass is 1140 g/mol. The van der Waals surface area contributed by atoms with Crippen LogP contribution in [-0.2, 0) is 14.3 Å². The van der Waals surface area contributed by atoms with E-state index in [9.17, 15) is 19.8 Å². The lowest BCUT2D eigenvalue weighted by molar-refractivity contribution is -0.143. The number of carbonyl (C=O) groups is 2. The lowest BCUT2D eigenvalue weighted by Crippen LogP contribution is -2.45. The lowest BCUT2D eigenvalue weighted by atomic mass is 10.0. The topological polar surface area (TPSA) is 95.9 Å². The minimum Gasteiger partial charge on any atom is -0.466 e. The van der Waals surface area contributed by atoms with E-state index in [2.05, 4.69) is 55.6 Å². The largest absolute Gasteiger partial charge is 0.466 e. The summed E-state index contributed by atoms with van der Waals surface area (Å²) in [6, 6.07) is -0.631. The highest BCUT2D eigenvalue weighted by Crippen LogP contribution is 2.18. The normalized spacial score (nSPS) is 12.8. The van der Waals surface area contributed by atoms with Gasteiger partial charge in [-0.05, 0) is 89.9 Å². The zero-order chi connectivity index (χ0) is 58.5. The Kier molecular flexibility index (Phi) is 68.4. The van der Waals surface area contributed by atoms with Crippen LogP contribution in [0, 0.1) is 0 Å². The fourth-order valence-corrected chi connectivity index (χ4v) is 11.3. The number of rotatable bonds is 68. The Morgan fingerprint density at radius 2 is 0.617 bits per heavy atom. The number of hydrogen-bond donors (Lipinski definition) is 3. The van der Waals surface area contributed by atoms with Gasteiger partial charge in [-0.3, -0.25) is 9.59 Å². The molecule has 2 unspecified atom stereocenters. The standard InChI is InChI=1S/C75H141NO5/c1-3-5-7-9-11-13-15-17-19-21-22-29-32-36-39-43-47-51-55-59-63-67-73(78)72(71-77)76-74(79)68-64-60-56-52-48-44-40-37-33-30-27-25-23-24-26-28-31-34-38-42-46-50-54-58-62-66-70-81-75(80)69-65-61-57-53-49-45-41-35-20-18-16-14-12-10-8-6-4-2/h12,14,18,20,23,25,63,67,72-73,77-78H,3-11,13,15-17,19,21-22,24,26-62,64-66,68-71H2,1-2H3,(H,76,79)/b14-12-,20-18-,25-23-,67-63+. The fourth-order valence-electron chi connectivity index (χ4n) is 11.3. The van der Waals surface area contributed by atoms with Gasteiger partial charge in [0.15, 0.2) is 0 Å². The van der Waals surface area contributed by atoms with Crippen LogP contribution in [0.4, 0.5) is 0 Å². The number of hydrogen-bond acceptors (Lipinski definition) is 5. The van der Waals surface area contributed by atoms with E-state index in [-0.39, 0.29) is 18.5 Å². The van der Waals surface area contributed by atoms with Crippen LogP contribution in [0.3, 0.4) is 0 Å². The second kappa shape index (κ2) is 70.3. The first-order valence-electron chi connectivity index (χ1n) is 36.4. The van der Waals surface area contributed by atoms with Gasteiger partial charge in [0.1, 0.15) is 0 Å².